The van der Waals surface area contributed by atoms with Crippen LogP contribution in [0.3, 0.4) is 0 Å². The lowest BCUT2D eigenvalue weighted by Gasteiger charge is -2.26. The van der Waals surface area contributed by atoms with Gasteiger partial charge < -0.3 is 10.1 Å². The number of nitrogens with zero attached hydrogens (tertiary/aromatic N) is 3. The molecule has 0 aliphatic carbocycles. The molecule has 1 aromatic heterocycles. The minimum absolute atomic E-state index is 0.200. The van der Waals surface area contributed by atoms with E-state index < -0.39 is 0 Å². The Balaban J connectivity index is 2.02. The molecule has 2 aromatic rings. The summed E-state index contributed by atoms with van der Waals surface area (Å²) < 4.78 is 7.63. The van der Waals surface area contributed by atoms with E-state index in [0.29, 0.717) is 6.61 Å². The highest BCUT2D eigenvalue weighted by Gasteiger charge is 2.24. The SMILES string of the molecule is CCOc1ccccc1C1CCNc2ncnn21. The summed E-state index contributed by atoms with van der Waals surface area (Å²) in [6, 6.07) is 8.35. The van der Waals surface area contributed by atoms with Gasteiger partial charge in [0.25, 0.3) is 0 Å². The van der Waals surface area contributed by atoms with Crippen molar-refractivity contribution in [3.05, 3.63) is 36.2 Å². The fourth-order valence-electron chi connectivity index (χ4n) is 2.38. The lowest BCUT2D eigenvalue weighted by molar-refractivity contribution is 0.328. The Labute approximate surface area is 106 Å². The van der Waals surface area contributed by atoms with Gasteiger partial charge in [0, 0.05) is 12.1 Å². The van der Waals surface area contributed by atoms with Gasteiger partial charge in [-0.25, -0.2) is 4.68 Å². The van der Waals surface area contributed by atoms with Crippen molar-refractivity contribution in [1.29, 1.82) is 0 Å². The molecule has 0 saturated heterocycles. The molecule has 3 rings (SSSR count). The summed E-state index contributed by atoms with van der Waals surface area (Å²) in [6.45, 7) is 3.58. The van der Waals surface area contributed by atoms with Gasteiger partial charge in [0.15, 0.2) is 0 Å². The highest BCUT2D eigenvalue weighted by atomic mass is 16.5. The monoisotopic (exact) mass is 244 g/mol. The van der Waals surface area contributed by atoms with E-state index in [4.69, 9.17) is 4.74 Å². The molecule has 1 aromatic carbocycles. The molecule has 18 heavy (non-hydrogen) atoms. The van der Waals surface area contributed by atoms with Crippen LogP contribution in [0.15, 0.2) is 30.6 Å². The van der Waals surface area contributed by atoms with E-state index in [1.807, 2.05) is 29.8 Å². The Morgan fingerprint density at radius 1 is 1.44 bits per heavy atom. The van der Waals surface area contributed by atoms with Crippen molar-refractivity contribution in [3.63, 3.8) is 0 Å². The van der Waals surface area contributed by atoms with Gasteiger partial charge in [-0.15, -0.1) is 0 Å². The second kappa shape index (κ2) is 4.68. The number of fused-ring (bicyclic) bond motifs is 1. The van der Waals surface area contributed by atoms with Crippen molar-refractivity contribution >= 4 is 5.95 Å². The van der Waals surface area contributed by atoms with Crippen LogP contribution in [-0.2, 0) is 0 Å². The third-order valence-corrected chi connectivity index (χ3v) is 3.15. The van der Waals surface area contributed by atoms with Crippen LogP contribution in [0.2, 0.25) is 0 Å². The van der Waals surface area contributed by atoms with Crippen LogP contribution in [0.25, 0.3) is 0 Å². The van der Waals surface area contributed by atoms with E-state index in [2.05, 4.69) is 21.5 Å². The number of rotatable bonds is 3. The Kier molecular flexibility index (Phi) is 2.88. The molecule has 0 radical (unpaired) electrons. The number of benzene rings is 1. The topological polar surface area (TPSA) is 52.0 Å². The molecule has 1 aliphatic rings. The maximum atomic E-state index is 5.70. The second-order valence-corrected chi connectivity index (χ2v) is 4.23. The smallest absolute Gasteiger partial charge is 0.221 e. The lowest BCUT2D eigenvalue weighted by atomic mass is 10.0. The largest absolute Gasteiger partial charge is 0.494 e. The minimum atomic E-state index is 0.200. The summed E-state index contributed by atoms with van der Waals surface area (Å²) in [4.78, 5) is 4.21. The molecular weight excluding hydrogens is 228 g/mol. The quantitative estimate of drug-likeness (QED) is 0.898. The molecule has 5 heteroatoms. The van der Waals surface area contributed by atoms with Gasteiger partial charge in [0.2, 0.25) is 5.95 Å². The summed E-state index contributed by atoms with van der Waals surface area (Å²) in [5, 5.41) is 7.55. The predicted molar refractivity (Wildman–Crippen MR) is 68.9 cm³/mol. The maximum absolute atomic E-state index is 5.70. The fourth-order valence-corrected chi connectivity index (χ4v) is 2.38. The van der Waals surface area contributed by atoms with Crippen LogP contribution in [0.4, 0.5) is 5.95 Å². The van der Waals surface area contributed by atoms with Gasteiger partial charge in [0.05, 0.1) is 12.6 Å². The van der Waals surface area contributed by atoms with Gasteiger partial charge in [-0.3, -0.25) is 0 Å². The van der Waals surface area contributed by atoms with Crippen molar-refractivity contribution < 1.29 is 4.74 Å². The third-order valence-electron chi connectivity index (χ3n) is 3.15. The number of hydrogen-bond donors (Lipinski definition) is 1. The van der Waals surface area contributed by atoms with Gasteiger partial charge in [-0.05, 0) is 19.4 Å². The minimum Gasteiger partial charge on any atom is -0.494 e. The number of aromatic nitrogens is 3. The average Bonchev–Trinajstić information content (AvgIpc) is 2.88. The number of hydrogen-bond acceptors (Lipinski definition) is 4. The molecule has 0 fully saturated rings. The van der Waals surface area contributed by atoms with Gasteiger partial charge in [-0.2, -0.15) is 10.1 Å². The first-order valence-corrected chi connectivity index (χ1v) is 6.25. The zero-order chi connectivity index (χ0) is 12.4. The van der Waals surface area contributed by atoms with Crippen LogP contribution >= 0.6 is 0 Å². The van der Waals surface area contributed by atoms with Crippen molar-refractivity contribution in [2.45, 2.75) is 19.4 Å². The van der Waals surface area contributed by atoms with E-state index in [1.165, 1.54) is 5.56 Å². The molecule has 0 spiro atoms. The van der Waals surface area contributed by atoms with Crippen LogP contribution in [0.5, 0.6) is 5.75 Å². The summed E-state index contributed by atoms with van der Waals surface area (Å²) in [6.07, 6.45) is 2.57. The first-order chi connectivity index (χ1) is 8.90. The molecular formula is C13H16N4O. The summed E-state index contributed by atoms with van der Waals surface area (Å²) >= 11 is 0. The van der Waals surface area contributed by atoms with Crippen molar-refractivity contribution in [2.24, 2.45) is 0 Å². The molecule has 1 atom stereocenters. The van der Waals surface area contributed by atoms with E-state index in [-0.39, 0.29) is 6.04 Å². The van der Waals surface area contributed by atoms with E-state index >= 15 is 0 Å². The Morgan fingerprint density at radius 2 is 2.33 bits per heavy atom. The molecule has 1 N–H and O–H groups in total. The summed E-state index contributed by atoms with van der Waals surface area (Å²) in [5.74, 6) is 1.77. The van der Waals surface area contributed by atoms with Crippen molar-refractivity contribution in [1.82, 2.24) is 14.8 Å². The Hall–Kier alpha value is -2.04. The molecule has 0 bridgehead atoms. The van der Waals surface area contributed by atoms with Crippen LogP contribution in [0, 0.1) is 0 Å². The summed E-state index contributed by atoms with van der Waals surface area (Å²) in [7, 11) is 0. The highest BCUT2D eigenvalue weighted by molar-refractivity contribution is 5.39. The van der Waals surface area contributed by atoms with Crippen LogP contribution < -0.4 is 10.1 Å². The van der Waals surface area contributed by atoms with Crippen molar-refractivity contribution in [2.75, 3.05) is 18.5 Å². The second-order valence-electron chi connectivity index (χ2n) is 4.23. The van der Waals surface area contributed by atoms with E-state index in [1.54, 1.807) is 6.33 Å². The van der Waals surface area contributed by atoms with Gasteiger partial charge in [0.1, 0.15) is 12.1 Å². The molecule has 94 valence electrons. The van der Waals surface area contributed by atoms with Gasteiger partial charge >= 0.3 is 0 Å². The zero-order valence-corrected chi connectivity index (χ0v) is 10.3. The molecule has 1 aliphatic heterocycles. The first kappa shape index (κ1) is 11.1. The first-order valence-electron chi connectivity index (χ1n) is 6.25. The number of anilines is 1. The van der Waals surface area contributed by atoms with Crippen LogP contribution in [-0.4, -0.2) is 27.9 Å². The molecule has 5 nitrogen and oxygen atoms in total. The standard InChI is InChI=1S/C13H16N4O/c1-2-18-12-6-4-3-5-10(12)11-7-8-14-13-15-9-16-17(11)13/h3-6,9,11H,2,7-8H2,1H3,(H,14,15,16). The highest BCUT2D eigenvalue weighted by Crippen LogP contribution is 2.33. The molecule has 0 saturated carbocycles. The molecule has 0 amide bonds. The van der Waals surface area contributed by atoms with Crippen LogP contribution in [0.1, 0.15) is 24.9 Å². The van der Waals surface area contributed by atoms with Gasteiger partial charge in [-0.1, -0.05) is 18.2 Å². The number of para-hydroxylation sites is 1. The van der Waals surface area contributed by atoms with E-state index in [0.717, 1.165) is 24.7 Å². The Bertz CT molecular complexity index is 537. The zero-order valence-electron chi connectivity index (χ0n) is 10.3. The molecule has 2 heterocycles. The third kappa shape index (κ3) is 1.81. The average molecular weight is 244 g/mol. The summed E-state index contributed by atoms with van der Waals surface area (Å²) in [5.41, 5.74) is 1.17. The number of nitrogens with one attached hydrogen (secondary N) is 1. The predicted octanol–water partition coefficient (Wildman–Crippen LogP) is 2.08. The van der Waals surface area contributed by atoms with E-state index in [9.17, 15) is 0 Å². The normalized spacial score (nSPS) is 17.9. The lowest BCUT2D eigenvalue weighted by Crippen LogP contribution is -2.25. The maximum Gasteiger partial charge on any atom is 0.221 e. The Morgan fingerprint density at radius 3 is 3.22 bits per heavy atom. The molecule has 1 unspecified atom stereocenters. The number of ether oxygens (including phenoxy) is 1. The fraction of sp³-hybridized carbons (Fsp3) is 0.385. The van der Waals surface area contributed by atoms with Crippen molar-refractivity contribution in [3.8, 4) is 5.75 Å².